The van der Waals surface area contributed by atoms with Crippen LogP contribution in [0.15, 0.2) is 30.3 Å². The second kappa shape index (κ2) is 11.5. The zero-order chi connectivity index (χ0) is 21.2. The van der Waals surface area contributed by atoms with E-state index in [0.717, 1.165) is 0 Å². The molecule has 2 atom stereocenters. The Morgan fingerprint density at radius 3 is 2.36 bits per heavy atom. The molecule has 0 radical (unpaired) electrons. The molecule has 1 amide bonds. The maximum Gasteiger partial charge on any atom is 0.339 e. The highest BCUT2D eigenvalue weighted by Crippen LogP contribution is 2.18. The Kier molecular flexibility index (Phi) is 9.77. The van der Waals surface area contributed by atoms with Gasteiger partial charge in [0.05, 0.1) is 12.4 Å². The molecule has 0 spiro atoms. The third kappa shape index (κ3) is 9.07. The van der Waals surface area contributed by atoms with Crippen molar-refractivity contribution in [3.05, 3.63) is 35.9 Å². The Balaban J connectivity index is 2.49. The van der Waals surface area contributed by atoms with Gasteiger partial charge in [-0.15, -0.1) is 0 Å². The van der Waals surface area contributed by atoms with Gasteiger partial charge in [-0.25, -0.2) is 4.79 Å². The minimum atomic E-state index is -4.17. The first-order chi connectivity index (χ1) is 13.1. The van der Waals surface area contributed by atoms with Crippen LogP contribution in [0.25, 0.3) is 0 Å². The van der Waals surface area contributed by atoms with Crippen LogP contribution in [-0.2, 0) is 34.0 Å². The van der Waals surface area contributed by atoms with Crippen molar-refractivity contribution in [3.63, 3.8) is 0 Å². The minimum Gasteiger partial charge on any atom is -0.463 e. The molecular formula is C18H25NO8S. The molecule has 0 aliphatic carbocycles. The normalized spacial score (nSPS) is 13.4. The van der Waals surface area contributed by atoms with Gasteiger partial charge in [-0.1, -0.05) is 30.3 Å². The number of ketones is 1. The number of carbonyl (C=O) groups is 3. The van der Waals surface area contributed by atoms with Crippen molar-refractivity contribution < 1.29 is 36.8 Å². The van der Waals surface area contributed by atoms with Crippen LogP contribution in [0.3, 0.4) is 0 Å². The lowest BCUT2D eigenvalue weighted by Gasteiger charge is -2.17. The molecule has 1 rings (SSSR count). The monoisotopic (exact) mass is 415 g/mol. The van der Waals surface area contributed by atoms with E-state index in [1.165, 1.54) is 14.0 Å². The van der Waals surface area contributed by atoms with Gasteiger partial charge >= 0.3 is 5.97 Å². The summed E-state index contributed by atoms with van der Waals surface area (Å²) in [5.41, 5.74) is 0.635. The Labute approximate surface area is 164 Å². The summed E-state index contributed by atoms with van der Waals surface area (Å²) in [4.78, 5) is 35.7. The third-order valence-corrected chi connectivity index (χ3v) is 4.67. The number of nitrogens with one attached hydrogen (secondary N) is 1. The SMILES string of the molecule is COC(C(=O)OCCC(CC(=O)NCCS(=O)(=O)O)C(C)=O)c1ccccc1. The van der Waals surface area contributed by atoms with Crippen LogP contribution in [0.2, 0.25) is 0 Å². The lowest BCUT2D eigenvalue weighted by atomic mass is 9.97. The Bertz CT molecular complexity index is 763. The molecule has 10 heteroatoms. The van der Waals surface area contributed by atoms with Gasteiger partial charge in [-0.3, -0.25) is 14.1 Å². The summed E-state index contributed by atoms with van der Waals surface area (Å²) in [5, 5.41) is 2.31. The number of rotatable bonds is 12. The largest absolute Gasteiger partial charge is 0.463 e. The summed E-state index contributed by atoms with van der Waals surface area (Å²) in [7, 11) is -2.79. The van der Waals surface area contributed by atoms with Crippen LogP contribution in [0.4, 0.5) is 0 Å². The highest BCUT2D eigenvalue weighted by Gasteiger charge is 2.23. The maximum atomic E-state index is 12.2. The van der Waals surface area contributed by atoms with Gasteiger partial charge in [0, 0.05) is 26.0 Å². The molecule has 9 nitrogen and oxygen atoms in total. The molecule has 0 saturated carbocycles. The van der Waals surface area contributed by atoms with E-state index in [1.54, 1.807) is 30.3 Å². The number of benzene rings is 1. The molecule has 0 saturated heterocycles. The van der Waals surface area contributed by atoms with E-state index in [9.17, 15) is 22.8 Å². The molecule has 156 valence electrons. The molecule has 0 aliphatic heterocycles. The fraction of sp³-hybridized carbons (Fsp3) is 0.500. The van der Waals surface area contributed by atoms with E-state index in [0.29, 0.717) is 5.56 Å². The third-order valence-electron chi connectivity index (χ3n) is 3.95. The molecule has 0 heterocycles. The number of amides is 1. The molecule has 28 heavy (non-hydrogen) atoms. The highest BCUT2D eigenvalue weighted by molar-refractivity contribution is 7.85. The summed E-state index contributed by atoms with van der Waals surface area (Å²) in [6.07, 6.45) is -0.927. The lowest BCUT2D eigenvalue weighted by molar-refractivity contribution is -0.156. The Morgan fingerprint density at radius 1 is 1.18 bits per heavy atom. The lowest BCUT2D eigenvalue weighted by Crippen LogP contribution is -2.32. The van der Waals surface area contributed by atoms with Gasteiger partial charge < -0.3 is 14.8 Å². The second-order valence-corrected chi connectivity index (χ2v) is 7.70. The van der Waals surface area contributed by atoms with Crippen LogP contribution in [0, 0.1) is 5.92 Å². The average molecular weight is 415 g/mol. The fourth-order valence-electron chi connectivity index (χ4n) is 2.44. The number of carbonyl (C=O) groups excluding carboxylic acids is 3. The minimum absolute atomic E-state index is 0.0753. The molecule has 2 N–H and O–H groups in total. The maximum absolute atomic E-state index is 12.2. The van der Waals surface area contributed by atoms with Crippen molar-refractivity contribution in [1.29, 1.82) is 0 Å². The van der Waals surface area contributed by atoms with Gasteiger partial charge in [0.15, 0.2) is 6.10 Å². The van der Waals surface area contributed by atoms with Crippen molar-refractivity contribution >= 4 is 27.8 Å². The molecule has 0 aliphatic rings. The molecule has 0 bridgehead atoms. The van der Waals surface area contributed by atoms with E-state index < -0.39 is 39.8 Å². The molecule has 0 fully saturated rings. The second-order valence-electron chi connectivity index (χ2n) is 6.13. The van der Waals surface area contributed by atoms with E-state index in [1.807, 2.05) is 0 Å². The summed E-state index contributed by atoms with van der Waals surface area (Å²) >= 11 is 0. The van der Waals surface area contributed by atoms with Crippen molar-refractivity contribution in [3.8, 4) is 0 Å². The predicted octanol–water partition coefficient (Wildman–Crippen LogP) is 0.907. The number of esters is 1. The van der Waals surface area contributed by atoms with Crippen LogP contribution in [-0.4, -0.2) is 56.6 Å². The van der Waals surface area contributed by atoms with Crippen molar-refractivity contribution in [2.75, 3.05) is 26.0 Å². The van der Waals surface area contributed by atoms with Crippen LogP contribution in [0.5, 0.6) is 0 Å². The summed E-state index contributed by atoms with van der Waals surface area (Å²) in [5.74, 6) is -2.69. The van der Waals surface area contributed by atoms with Gasteiger partial charge in [0.2, 0.25) is 5.91 Å². The van der Waals surface area contributed by atoms with Gasteiger partial charge in [-0.2, -0.15) is 8.42 Å². The van der Waals surface area contributed by atoms with E-state index in [2.05, 4.69) is 5.32 Å². The predicted molar refractivity (Wildman–Crippen MR) is 100.0 cm³/mol. The van der Waals surface area contributed by atoms with E-state index in [-0.39, 0.29) is 31.8 Å². The number of ether oxygens (including phenoxy) is 2. The zero-order valence-corrected chi connectivity index (χ0v) is 16.6. The van der Waals surface area contributed by atoms with Gasteiger partial charge in [-0.05, 0) is 18.9 Å². The smallest absolute Gasteiger partial charge is 0.339 e. The molecule has 0 aromatic heterocycles. The average Bonchev–Trinajstić information content (AvgIpc) is 2.61. The molecular weight excluding hydrogens is 390 g/mol. The van der Waals surface area contributed by atoms with Crippen LogP contribution >= 0.6 is 0 Å². The number of methoxy groups -OCH3 is 1. The number of Topliss-reactive ketones (excluding diaryl/α,β-unsaturated/α-hetero) is 1. The van der Waals surface area contributed by atoms with E-state index >= 15 is 0 Å². The summed E-state index contributed by atoms with van der Waals surface area (Å²) in [6.45, 7) is 0.984. The standard InChI is InChI=1S/C18H25NO8S/c1-13(20)15(12-16(21)19-9-11-28(23,24)25)8-10-27-18(22)17(26-2)14-6-4-3-5-7-14/h3-7,15,17H,8-12H2,1-2H3,(H,19,21)(H,23,24,25). The summed E-state index contributed by atoms with van der Waals surface area (Å²) < 4.78 is 40.2. The molecule has 2 unspecified atom stereocenters. The molecule has 1 aromatic rings. The first-order valence-electron chi connectivity index (χ1n) is 8.60. The summed E-state index contributed by atoms with van der Waals surface area (Å²) in [6, 6.07) is 8.79. The van der Waals surface area contributed by atoms with Crippen LogP contribution in [0.1, 0.15) is 31.4 Å². The Morgan fingerprint density at radius 2 is 1.82 bits per heavy atom. The van der Waals surface area contributed by atoms with Crippen molar-refractivity contribution in [2.45, 2.75) is 25.9 Å². The van der Waals surface area contributed by atoms with Crippen LogP contribution < -0.4 is 5.32 Å². The number of hydrogen-bond acceptors (Lipinski definition) is 7. The fourth-order valence-corrected chi connectivity index (χ4v) is 2.80. The quantitative estimate of drug-likeness (QED) is 0.380. The van der Waals surface area contributed by atoms with Gasteiger partial charge in [0.1, 0.15) is 5.78 Å². The van der Waals surface area contributed by atoms with Crippen molar-refractivity contribution in [1.82, 2.24) is 5.32 Å². The Hall–Kier alpha value is -2.30. The first kappa shape index (κ1) is 23.7. The molecule has 1 aromatic carbocycles. The highest BCUT2D eigenvalue weighted by atomic mass is 32.2. The zero-order valence-electron chi connectivity index (χ0n) is 15.8. The number of hydrogen-bond donors (Lipinski definition) is 2. The van der Waals surface area contributed by atoms with Crippen molar-refractivity contribution in [2.24, 2.45) is 5.92 Å². The topological polar surface area (TPSA) is 136 Å². The van der Waals surface area contributed by atoms with Gasteiger partial charge in [0.25, 0.3) is 10.1 Å². The first-order valence-corrected chi connectivity index (χ1v) is 10.2. The van der Waals surface area contributed by atoms with E-state index in [4.69, 9.17) is 14.0 Å².